The van der Waals surface area contributed by atoms with Gasteiger partial charge in [0.2, 0.25) is 0 Å². The molecular weight excluding hydrogens is 350 g/mol. The highest BCUT2D eigenvalue weighted by Gasteiger charge is 2.11. The molecule has 0 aliphatic heterocycles. The Morgan fingerprint density at radius 3 is 2.43 bits per heavy atom. The van der Waals surface area contributed by atoms with E-state index < -0.39 is 0 Å². The van der Waals surface area contributed by atoms with Crippen LogP contribution in [0, 0.1) is 0 Å². The summed E-state index contributed by atoms with van der Waals surface area (Å²) >= 11 is 0. The van der Waals surface area contributed by atoms with Gasteiger partial charge >= 0.3 is 0 Å². The number of carbonyl (C=O) groups excluding carboxylic acids is 1. The lowest BCUT2D eigenvalue weighted by Gasteiger charge is -2.14. The predicted octanol–water partition coefficient (Wildman–Crippen LogP) is 4.90. The number of Topliss-reactive ketones (excluding diaryl/α,β-unsaturated/α-hetero) is 1. The fraction of sp³-hybridized carbons (Fsp3) is 0.0455. The SMILES string of the molecule is CC(=O)c1cccc(Nc2ncnc(Nc3cccc4ccccc34)c2N)c1. The van der Waals surface area contributed by atoms with Crippen LogP contribution in [0.3, 0.4) is 0 Å². The third kappa shape index (κ3) is 3.48. The van der Waals surface area contributed by atoms with Crippen molar-refractivity contribution in [3.8, 4) is 0 Å². The van der Waals surface area contributed by atoms with Crippen molar-refractivity contribution in [1.29, 1.82) is 0 Å². The maximum absolute atomic E-state index is 11.6. The number of fused-ring (bicyclic) bond motifs is 1. The second-order valence-corrected chi connectivity index (χ2v) is 6.40. The Balaban J connectivity index is 1.65. The molecule has 0 amide bonds. The number of nitrogens with zero attached hydrogens (tertiary/aromatic N) is 2. The number of carbonyl (C=O) groups is 1. The zero-order chi connectivity index (χ0) is 19.5. The van der Waals surface area contributed by atoms with Gasteiger partial charge in [-0.1, -0.05) is 48.5 Å². The van der Waals surface area contributed by atoms with E-state index in [2.05, 4.69) is 32.7 Å². The van der Waals surface area contributed by atoms with Gasteiger partial charge in [0, 0.05) is 22.3 Å². The van der Waals surface area contributed by atoms with Crippen molar-refractivity contribution >= 4 is 45.3 Å². The van der Waals surface area contributed by atoms with Crippen molar-refractivity contribution in [1.82, 2.24) is 9.97 Å². The van der Waals surface area contributed by atoms with Gasteiger partial charge in [-0.25, -0.2) is 9.97 Å². The van der Waals surface area contributed by atoms with Crippen LogP contribution >= 0.6 is 0 Å². The van der Waals surface area contributed by atoms with Crippen molar-refractivity contribution in [2.45, 2.75) is 6.92 Å². The average Bonchev–Trinajstić information content (AvgIpc) is 2.71. The van der Waals surface area contributed by atoms with Crippen molar-refractivity contribution in [2.24, 2.45) is 0 Å². The molecule has 138 valence electrons. The number of nitrogen functional groups attached to an aromatic ring is 1. The lowest BCUT2D eigenvalue weighted by molar-refractivity contribution is 0.101. The Bertz CT molecular complexity index is 1170. The number of hydrogen-bond donors (Lipinski definition) is 3. The van der Waals surface area contributed by atoms with Gasteiger partial charge in [-0.05, 0) is 30.5 Å². The molecule has 0 fully saturated rings. The van der Waals surface area contributed by atoms with Crippen molar-refractivity contribution in [2.75, 3.05) is 16.4 Å². The first-order chi connectivity index (χ1) is 13.6. The van der Waals surface area contributed by atoms with Crippen LogP contribution in [0.5, 0.6) is 0 Å². The van der Waals surface area contributed by atoms with Crippen molar-refractivity contribution in [3.05, 3.63) is 78.6 Å². The van der Waals surface area contributed by atoms with Gasteiger partial charge in [0.1, 0.15) is 12.0 Å². The molecule has 0 spiro atoms. The normalized spacial score (nSPS) is 10.6. The first-order valence-corrected chi connectivity index (χ1v) is 8.85. The Morgan fingerprint density at radius 2 is 1.61 bits per heavy atom. The molecule has 0 unspecified atom stereocenters. The van der Waals surface area contributed by atoms with Crippen LogP contribution in [0.4, 0.5) is 28.7 Å². The summed E-state index contributed by atoms with van der Waals surface area (Å²) in [6.45, 7) is 1.53. The van der Waals surface area contributed by atoms with E-state index in [1.54, 1.807) is 12.1 Å². The minimum absolute atomic E-state index is 0.00220. The minimum atomic E-state index is -0.00220. The monoisotopic (exact) mass is 369 g/mol. The Kier molecular flexibility index (Phi) is 4.60. The third-order valence-corrected chi connectivity index (χ3v) is 4.46. The lowest BCUT2D eigenvalue weighted by atomic mass is 10.1. The van der Waals surface area contributed by atoms with Crippen LogP contribution in [0.15, 0.2) is 73.1 Å². The van der Waals surface area contributed by atoms with E-state index in [-0.39, 0.29) is 5.78 Å². The quantitative estimate of drug-likeness (QED) is 0.433. The van der Waals surface area contributed by atoms with Crippen LogP contribution in [0.25, 0.3) is 10.8 Å². The molecule has 1 aromatic heterocycles. The summed E-state index contributed by atoms with van der Waals surface area (Å²) in [5.41, 5.74) is 8.95. The van der Waals surface area contributed by atoms with Crippen molar-refractivity contribution < 1.29 is 4.79 Å². The fourth-order valence-corrected chi connectivity index (χ4v) is 3.01. The molecule has 0 bridgehead atoms. The van der Waals surface area contributed by atoms with E-state index in [1.807, 2.05) is 42.5 Å². The number of rotatable bonds is 5. The molecule has 1 heterocycles. The fourth-order valence-electron chi connectivity index (χ4n) is 3.01. The summed E-state index contributed by atoms with van der Waals surface area (Å²) < 4.78 is 0. The zero-order valence-electron chi connectivity index (χ0n) is 15.3. The number of anilines is 5. The highest BCUT2D eigenvalue weighted by Crippen LogP contribution is 2.31. The van der Waals surface area contributed by atoms with Crippen LogP contribution < -0.4 is 16.4 Å². The lowest BCUT2D eigenvalue weighted by Crippen LogP contribution is -2.05. The zero-order valence-corrected chi connectivity index (χ0v) is 15.3. The number of nitrogens with one attached hydrogen (secondary N) is 2. The number of benzene rings is 3. The summed E-state index contributed by atoms with van der Waals surface area (Å²) in [7, 11) is 0. The highest BCUT2D eigenvalue weighted by molar-refractivity contribution is 5.97. The van der Waals surface area contributed by atoms with E-state index in [4.69, 9.17) is 5.73 Å². The molecule has 3 aromatic carbocycles. The maximum Gasteiger partial charge on any atom is 0.159 e. The molecule has 4 aromatic rings. The molecule has 28 heavy (non-hydrogen) atoms. The molecule has 0 saturated carbocycles. The van der Waals surface area contributed by atoms with E-state index in [0.29, 0.717) is 22.9 Å². The third-order valence-electron chi connectivity index (χ3n) is 4.46. The number of aromatic nitrogens is 2. The number of nitrogens with two attached hydrogens (primary N) is 1. The van der Waals surface area contributed by atoms with Crippen LogP contribution in [-0.4, -0.2) is 15.8 Å². The summed E-state index contributed by atoms with van der Waals surface area (Å²) in [5.74, 6) is 0.979. The van der Waals surface area contributed by atoms with E-state index >= 15 is 0 Å². The largest absolute Gasteiger partial charge is 0.393 e. The van der Waals surface area contributed by atoms with Gasteiger partial charge in [0.25, 0.3) is 0 Å². The molecule has 0 saturated heterocycles. The molecule has 0 atom stereocenters. The summed E-state index contributed by atoms with van der Waals surface area (Å²) in [6, 6.07) is 21.3. The summed E-state index contributed by atoms with van der Waals surface area (Å²) in [4.78, 5) is 20.1. The molecule has 6 heteroatoms. The van der Waals surface area contributed by atoms with Crippen LogP contribution in [0.1, 0.15) is 17.3 Å². The maximum atomic E-state index is 11.6. The molecule has 4 N–H and O–H groups in total. The van der Waals surface area contributed by atoms with E-state index in [0.717, 1.165) is 22.1 Å². The Labute approximate surface area is 162 Å². The second-order valence-electron chi connectivity index (χ2n) is 6.40. The molecule has 0 radical (unpaired) electrons. The summed E-state index contributed by atoms with van der Waals surface area (Å²) in [6.07, 6.45) is 1.45. The molecule has 4 rings (SSSR count). The Morgan fingerprint density at radius 1 is 0.893 bits per heavy atom. The topological polar surface area (TPSA) is 92.9 Å². The van der Waals surface area contributed by atoms with Gasteiger partial charge < -0.3 is 16.4 Å². The van der Waals surface area contributed by atoms with Gasteiger partial charge in [-0.3, -0.25) is 4.79 Å². The smallest absolute Gasteiger partial charge is 0.159 e. The average molecular weight is 369 g/mol. The first-order valence-electron chi connectivity index (χ1n) is 8.85. The first kappa shape index (κ1) is 17.5. The van der Waals surface area contributed by atoms with Crippen LogP contribution in [-0.2, 0) is 0 Å². The highest BCUT2D eigenvalue weighted by atomic mass is 16.1. The van der Waals surface area contributed by atoms with Gasteiger partial charge in [0.05, 0.1) is 0 Å². The van der Waals surface area contributed by atoms with Crippen molar-refractivity contribution in [3.63, 3.8) is 0 Å². The molecular formula is C22H19N5O. The molecule has 6 nitrogen and oxygen atoms in total. The summed E-state index contributed by atoms with van der Waals surface area (Å²) in [5, 5.41) is 8.66. The predicted molar refractivity (Wildman–Crippen MR) is 113 cm³/mol. The number of hydrogen-bond acceptors (Lipinski definition) is 6. The molecule has 0 aliphatic carbocycles. The van der Waals surface area contributed by atoms with Gasteiger partial charge in [0.15, 0.2) is 17.4 Å². The Hall–Kier alpha value is -3.93. The van der Waals surface area contributed by atoms with E-state index in [1.165, 1.54) is 13.3 Å². The van der Waals surface area contributed by atoms with Gasteiger partial charge in [-0.15, -0.1) is 0 Å². The van der Waals surface area contributed by atoms with E-state index in [9.17, 15) is 4.79 Å². The molecule has 0 aliphatic rings. The minimum Gasteiger partial charge on any atom is -0.393 e. The van der Waals surface area contributed by atoms with Gasteiger partial charge in [-0.2, -0.15) is 0 Å². The number of ketones is 1. The standard InChI is InChI=1S/C22H19N5O/c1-14(28)16-8-4-9-17(12-16)26-21-20(23)22(25-13-24-21)27-19-11-5-7-15-6-2-3-10-18(15)19/h2-13H,23H2,1H3,(H2,24,25,26,27). The van der Waals surface area contributed by atoms with Crippen LogP contribution in [0.2, 0.25) is 0 Å². The second kappa shape index (κ2) is 7.36.